The third-order valence-corrected chi connectivity index (χ3v) is 7.21. The molecule has 1 aromatic heterocycles. The molecular formula is C21H21N3O5S. The first kappa shape index (κ1) is 20.1. The van der Waals surface area contributed by atoms with E-state index in [4.69, 9.17) is 4.52 Å². The van der Waals surface area contributed by atoms with Crippen molar-refractivity contribution in [3.63, 3.8) is 0 Å². The van der Waals surface area contributed by atoms with Crippen LogP contribution >= 0.6 is 0 Å². The standard InChI is InChI=1S/C21H21N3O5S/c1-13-18(14(2)29-22-13)30(27,28)23-20(26)21(3)11-12-24(21)19(25)17-10-6-8-15-7-4-5-9-16(15)17/h4-10H,11-12H2,1-3H3,(H,23,26). The topological polar surface area (TPSA) is 110 Å². The number of hydrogen-bond donors (Lipinski definition) is 1. The van der Waals surface area contributed by atoms with E-state index in [1.807, 2.05) is 30.3 Å². The van der Waals surface area contributed by atoms with Gasteiger partial charge in [0.25, 0.3) is 21.8 Å². The van der Waals surface area contributed by atoms with Crippen molar-refractivity contribution in [2.75, 3.05) is 6.54 Å². The predicted molar refractivity (Wildman–Crippen MR) is 109 cm³/mol. The van der Waals surface area contributed by atoms with Crippen LogP contribution in [0.15, 0.2) is 51.9 Å². The Kier molecular flexibility index (Phi) is 4.65. The molecule has 1 atom stereocenters. The fraction of sp³-hybridized carbons (Fsp3) is 0.286. The van der Waals surface area contributed by atoms with Crippen molar-refractivity contribution in [1.82, 2.24) is 14.8 Å². The first-order valence-electron chi connectivity index (χ1n) is 9.45. The fourth-order valence-electron chi connectivity index (χ4n) is 3.82. The molecule has 2 aromatic carbocycles. The summed E-state index contributed by atoms with van der Waals surface area (Å²) in [5.74, 6) is -0.983. The number of rotatable bonds is 4. The number of aryl methyl sites for hydroxylation is 2. The van der Waals surface area contributed by atoms with E-state index < -0.39 is 21.5 Å². The maximum atomic E-state index is 13.2. The zero-order chi connectivity index (χ0) is 21.7. The van der Waals surface area contributed by atoms with E-state index in [2.05, 4.69) is 9.88 Å². The van der Waals surface area contributed by atoms with E-state index in [-0.39, 0.29) is 22.3 Å². The third kappa shape index (κ3) is 3.06. The smallest absolute Gasteiger partial charge is 0.269 e. The van der Waals surface area contributed by atoms with Crippen LogP contribution in [0.3, 0.4) is 0 Å². The van der Waals surface area contributed by atoms with Gasteiger partial charge < -0.3 is 9.42 Å². The number of hydrogen-bond acceptors (Lipinski definition) is 6. The lowest BCUT2D eigenvalue weighted by molar-refractivity contribution is -0.135. The molecule has 3 aromatic rings. The van der Waals surface area contributed by atoms with Gasteiger partial charge in [0, 0.05) is 12.1 Å². The molecule has 0 saturated carbocycles. The van der Waals surface area contributed by atoms with E-state index in [9.17, 15) is 18.0 Å². The molecule has 30 heavy (non-hydrogen) atoms. The normalized spacial score (nSPS) is 18.8. The zero-order valence-electron chi connectivity index (χ0n) is 16.8. The number of sulfonamides is 1. The Morgan fingerprint density at radius 3 is 2.47 bits per heavy atom. The highest BCUT2D eigenvalue weighted by Gasteiger charge is 2.51. The van der Waals surface area contributed by atoms with Gasteiger partial charge in [0.15, 0.2) is 10.7 Å². The van der Waals surface area contributed by atoms with E-state index in [1.54, 1.807) is 19.1 Å². The molecule has 1 aliphatic heterocycles. The van der Waals surface area contributed by atoms with E-state index in [1.165, 1.54) is 18.7 Å². The summed E-state index contributed by atoms with van der Waals surface area (Å²) in [7, 11) is -4.18. The van der Waals surface area contributed by atoms with Crippen molar-refractivity contribution in [3.05, 3.63) is 59.5 Å². The number of likely N-dealkylation sites (tertiary alicyclic amines) is 1. The van der Waals surface area contributed by atoms with Gasteiger partial charge >= 0.3 is 0 Å². The van der Waals surface area contributed by atoms with Crippen LogP contribution in [0.5, 0.6) is 0 Å². The molecule has 0 aliphatic carbocycles. The average molecular weight is 427 g/mol. The molecule has 1 aliphatic rings. The molecule has 1 saturated heterocycles. The van der Waals surface area contributed by atoms with E-state index >= 15 is 0 Å². The van der Waals surface area contributed by atoms with Crippen LogP contribution in [0.4, 0.5) is 0 Å². The molecule has 1 N–H and O–H groups in total. The second-order valence-corrected chi connectivity index (χ2v) is 9.21. The van der Waals surface area contributed by atoms with Crippen LogP contribution in [0.1, 0.15) is 35.2 Å². The largest absolute Gasteiger partial charge is 0.360 e. The molecule has 2 amide bonds. The average Bonchev–Trinajstić information content (AvgIpc) is 3.04. The summed E-state index contributed by atoms with van der Waals surface area (Å²) in [5.41, 5.74) is -0.643. The molecule has 1 fully saturated rings. The van der Waals surface area contributed by atoms with Gasteiger partial charge in [-0.2, -0.15) is 0 Å². The molecule has 4 rings (SSSR count). The van der Waals surface area contributed by atoms with Crippen molar-refractivity contribution in [2.24, 2.45) is 0 Å². The van der Waals surface area contributed by atoms with E-state index in [0.717, 1.165) is 10.8 Å². The summed E-state index contributed by atoms with van der Waals surface area (Å²) in [6.45, 7) is 4.87. The molecule has 2 heterocycles. The van der Waals surface area contributed by atoms with Gasteiger partial charge in [-0.15, -0.1) is 0 Å². The lowest BCUT2D eigenvalue weighted by atomic mass is 9.84. The number of carbonyl (C=O) groups excluding carboxylic acids is 2. The van der Waals surface area contributed by atoms with Gasteiger partial charge in [-0.3, -0.25) is 9.59 Å². The quantitative estimate of drug-likeness (QED) is 0.685. The Labute approximate surface area is 173 Å². The second-order valence-electron chi connectivity index (χ2n) is 7.60. The summed E-state index contributed by atoms with van der Waals surface area (Å²) in [6.07, 6.45) is 0.354. The highest BCUT2D eigenvalue weighted by molar-refractivity contribution is 7.90. The van der Waals surface area contributed by atoms with E-state index in [0.29, 0.717) is 18.5 Å². The Morgan fingerprint density at radius 1 is 1.13 bits per heavy atom. The Morgan fingerprint density at radius 2 is 1.83 bits per heavy atom. The molecular weight excluding hydrogens is 406 g/mol. The zero-order valence-corrected chi connectivity index (χ0v) is 17.6. The molecule has 0 radical (unpaired) electrons. The maximum Gasteiger partial charge on any atom is 0.269 e. The lowest BCUT2D eigenvalue weighted by Gasteiger charge is -2.48. The van der Waals surface area contributed by atoms with Crippen LogP contribution in [0, 0.1) is 13.8 Å². The van der Waals surface area contributed by atoms with Crippen molar-refractivity contribution in [3.8, 4) is 0 Å². The number of aromatic nitrogens is 1. The SMILES string of the molecule is Cc1noc(C)c1S(=O)(=O)NC(=O)C1(C)CCN1C(=O)c1cccc2ccccc12. The van der Waals surface area contributed by atoms with Crippen LogP contribution in [0.2, 0.25) is 0 Å². The third-order valence-electron chi connectivity index (χ3n) is 5.64. The van der Waals surface area contributed by atoms with Crippen LogP contribution < -0.4 is 4.72 Å². The Bertz CT molecular complexity index is 1260. The summed E-state index contributed by atoms with van der Waals surface area (Å²) in [5, 5.41) is 5.32. The number of carbonyl (C=O) groups is 2. The number of fused-ring (bicyclic) bond motifs is 1. The lowest BCUT2D eigenvalue weighted by Crippen LogP contribution is -2.67. The minimum Gasteiger partial charge on any atom is -0.360 e. The highest BCUT2D eigenvalue weighted by Crippen LogP contribution is 2.34. The molecule has 9 heteroatoms. The van der Waals surface area contributed by atoms with Crippen LogP contribution in [0.25, 0.3) is 10.8 Å². The number of nitrogens with zero attached hydrogens (tertiary/aromatic N) is 2. The van der Waals surface area contributed by atoms with Crippen LogP contribution in [-0.4, -0.2) is 42.4 Å². The molecule has 1 unspecified atom stereocenters. The van der Waals surface area contributed by atoms with Crippen molar-refractivity contribution >= 4 is 32.6 Å². The van der Waals surface area contributed by atoms with Gasteiger partial charge in [0.2, 0.25) is 0 Å². The van der Waals surface area contributed by atoms with Gasteiger partial charge in [-0.25, -0.2) is 13.1 Å². The number of nitrogens with one attached hydrogen (secondary N) is 1. The monoisotopic (exact) mass is 427 g/mol. The minimum atomic E-state index is -4.18. The van der Waals surface area contributed by atoms with Crippen LogP contribution in [-0.2, 0) is 14.8 Å². The van der Waals surface area contributed by atoms with Crippen molar-refractivity contribution in [1.29, 1.82) is 0 Å². The summed E-state index contributed by atoms with van der Waals surface area (Å²) >= 11 is 0. The molecule has 156 valence electrons. The number of amides is 2. The predicted octanol–water partition coefficient (Wildman–Crippen LogP) is 2.55. The fourth-order valence-corrected chi connectivity index (χ4v) is 5.23. The first-order chi connectivity index (χ1) is 14.1. The van der Waals surface area contributed by atoms with Gasteiger partial charge in [-0.1, -0.05) is 41.6 Å². The highest BCUT2D eigenvalue weighted by atomic mass is 32.2. The van der Waals surface area contributed by atoms with Gasteiger partial charge in [-0.05, 0) is 44.0 Å². The molecule has 0 spiro atoms. The maximum absolute atomic E-state index is 13.2. The summed E-state index contributed by atoms with van der Waals surface area (Å²) in [4.78, 5) is 27.4. The summed E-state index contributed by atoms with van der Waals surface area (Å²) in [6, 6.07) is 12.9. The molecule has 0 bridgehead atoms. The Hall–Kier alpha value is -3.20. The first-order valence-corrected chi connectivity index (χ1v) is 10.9. The summed E-state index contributed by atoms with van der Waals surface area (Å²) < 4.78 is 32.4. The van der Waals surface area contributed by atoms with Gasteiger partial charge in [0.05, 0.1) is 0 Å². The number of benzene rings is 2. The molecule has 8 nitrogen and oxygen atoms in total. The second kappa shape index (κ2) is 6.94. The van der Waals surface area contributed by atoms with Crippen molar-refractivity contribution < 1.29 is 22.5 Å². The minimum absolute atomic E-state index is 0.0928. The van der Waals surface area contributed by atoms with Gasteiger partial charge in [0.1, 0.15) is 11.2 Å². The van der Waals surface area contributed by atoms with Crippen molar-refractivity contribution in [2.45, 2.75) is 37.6 Å². The Balaban J connectivity index is 1.62.